The molecule has 1 rings (SSSR count). The van der Waals surface area contributed by atoms with Gasteiger partial charge in [0.25, 0.3) is 0 Å². The topological polar surface area (TPSA) is 41.1 Å². The Labute approximate surface area is 106 Å². The van der Waals surface area contributed by atoms with Gasteiger partial charge in [0.15, 0.2) is 0 Å². The van der Waals surface area contributed by atoms with Gasteiger partial charge in [-0.15, -0.1) is 0 Å². The smallest absolute Gasteiger partial charge is 0.355 e. The molecule has 1 aliphatic heterocycles. The van der Waals surface area contributed by atoms with Gasteiger partial charge in [0.05, 0.1) is 5.41 Å². The first-order chi connectivity index (χ1) is 8.27. The van der Waals surface area contributed by atoms with E-state index in [0.717, 1.165) is 0 Å². The Morgan fingerprint density at radius 3 is 2.33 bits per heavy atom. The molecule has 0 aromatic heterocycles. The van der Waals surface area contributed by atoms with Gasteiger partial charge in [-0.2, -0.15) is 13.2 Å². The van der Waals surface area contributed by atoms with Gasteiger partial charge in [-0.1, -0.05) is 13.8 Å². The van der Waals surface area contributed by atoms with Crippen molar-refractivity contribution < 1.29 is 18.0 Å². The molecule has 0 saturated carbocycles. The molecule has 106 valence electrons. The van der Waals surface area contributed by atoms with E-state index in [4.69, 9.17) is 0 Å². The molecule has 18 heavy (non-hydrogen) atoms. The molecule has 1 aliphatic rings. The van der Waals surface area contributed by atoms with Gasteiger partial charge in [0.2, 0.25) is 5.91 Å². The molecule has 0 bridgehead atoms. The Kier molecular flexibility index (Phi) is 5.01. The maximum atomic E-state index is 13.1. The van der Waals surface area contributed by atoms with Crippen molar-refractivity contribution in [3.05, 3.63) is 0 Å². The molecule has 0 aliphatic carbocycles. The molecule has 0 unspecified atom stereocenters. The highest BCUT2D eigenvalue weighted by molar-refractivity contribution is 5.76. The van der Waals surface area contributed by atoms with E-state index in [9.17, 15) is 18.0 Å². The number of piperidine rings is 1. The number of hydrogen-bond donors (Lipinski definition) is 2. The highest BCUT2D eigenvalue weighted by Gasteiger charge is 2.54. The van der Waals surface area contributed by atoms with Crippen molar-refractivity contribution in [1.29, 1.82) is 0 Å². The minimum atomic E-state index is -4.26. The van der Waals surface area contributed by atoms with Crippen LogP contribution in [-0.4, -0.2) is 31.7 Å². The first-order valence-corrected chi connectivity index (χ1v) is 6.31. The molecule has 1 fully saturated rings. The minimum Gasteiger partial charge on any atom is -0.355 e. The minimum absolute atomic E-state index is 0.0262. The molecule has 3 nitrogen and oxygen atoms in total. The van der Waals surface area contributed by atoms with Crippen molar-refractivity contribution in [2.45, 2.75) is 39.3 Å². The zero-order valence-corrected chi connectivity index (χ0v) is 10.9. The van der Waals surface area contributed by atoms with E-state index in [1.807, 2.05) is 13.8 Å². The quantitative estimate of drug-likeness (QED) is 0.818. The number of amides is 1. The van der Waals surface area contributed by atoms with Gasteiger partial charge in [-0.05, 0) is 31.8 Å². The molecular weight excluding hydrogens is 245 g/mol. The van der Waals surface area contributed by atoms with E-state index in [1.54, 1.807) is 0 Å². The lowest BCUT2D eigenvalue weighted by molar-refractivity contribution is -0.230. The van der Waals surface area contributed by atoms with Crippen LogP contribution in [-0.2, 0) is 4.79 Å². The monoisotopic (exact) mass is 266 g/mol. The lowest BCUT2D eigenvalue weighted by atomic mass is 9.78. The summed E-state index contributed by atoms with van der Waals surface area (Å²) >= 11 is 0. The average molecular weight is 266 g/mol. The fourth-order valence-electron chi connectivity index (χ4n) is 2.18. The standard InChI is InChI=1S/C12H21F3N2O/c1-9(2)7-10(18)17-8-11(12(13,14)15)3-5-16-6-4-11/h9,16H,3-8H2,1-2H3,(H,17,18). The van der Waals surface area contributed by atoms with E-state index in [1.165, 1.54) is 0 Å². The second-order valence-electron chi connectivity index (χ2n) is 5.40. The molecule has 6 heteroatoms. The normalized spacial score (nSPS) is 19.9. The average Bonchev–Trinajstić information content (AvgIpc) is 2.25. The van der Waals surface area contributed by atoms with E-state index < -0.39 is 11.6 Å². The van der Waals surface area contributed by atoms with E-state index in [-0.39, 0.29) is 37.6 Å². The fourth-order valence-corrected chi connectivity index (χ4v) is 2.18. The van der Waals surface area contributed by atoms with Crippen molar-refractivity contribution >= 4 is 5.91 Å². The summed E-state index contributed by atoms with van der Waals surface area (Å²) in [6, 6.07) is 0. The van der Waals surface area contributed by atoms with E-state index >= 15 is 0 Å². The van der Waals surface area contributed by atoms with Crippen molar-refractivity contribution in [2.75, 3.05) is 19.6 Å². The van der Waals surface area contributed by atoms with Crippen LogP contribution in [0.1, 0.15) is 33.1 Å². The highest BCUT2D eigenvalue weighted by Crippen LogP contribution is 2.44. The third-order valence-electron chi connectivity index (χ3n) is 3.38. The molecule has 1 heterocycles. The molecular formula is C12H21F3N2O. The Bertz CT molecular complexity index is 284. The van der Waals surface area contributed by atoms with Crippen LogP contribution >= 0.6 is 0 Å². The molecule has 0 aromatic rings. The van der Waals surface area contributed by atoms with Gasteiger partial charge in [-0.3, -0.25) is 4.79 Å². The van der Waals surface area contributed by atoms with Crippen LogP contribution in [0.15, 0.2) is 0 Å². The number of hydrogen-bond acceptors (Lipinski definition) is 2. The van der Waals surface area contributed by atoms with Crippen LogP contribution in [0.5, 0.6) is 0 Å². The molecule has 0 spiro atoms. The number of halogens is 3. The second-order valence-corrected chi connectivity index (χ2v) is 5.40. The van der Waals surface area contributed by atoms with E-state index in [2.05, 4.69) is 10.6 Å². The molecule has 1 saturated heterocycles. The van der Waals surface area contributed by atoms with Crippen LogP contribution in [0.4, 0.5) is 13.2 Å². The zero-order chi connectivity index (χ0) is 13.8. The Balaban J connectivity index is 2.60. The molecule has 0 radical (unpaired) electrons. The van der Waals surface area contributed by atoms with Gasteiger partial charge in [0.1, 0.15) is 0 Å². The number of carbonyl (C=O) groups is 1. The first-order valence-electron chi connectivity index (χ1n) is 6.31. The summed E-state index contributed by atoms with van der Waals surface area (Å²) in [6.07, 6.45) is -3.94. The molecule has 2 N–H and O–H groups in total. The van der Waals surface area contributed by atoms with E-state index in [0.29, 0.717) is 13.1 Å². The van der Waals surface area contributed by atoms with Crippen LogP contribution in [0.3, 0.4) is 0 Å². The first kappa shape index (κ1) is 15.3. The molecule has 0 atom stereocenters. The lowest BCUT2D eigenvalue weighted by Crippen LogP contribution is -2.52. The van der Waals surface area contributed by atoms with Gasteiger partial charge in [-0.25, -0.2) is 0 Å². The summed E-state index contributed by atoms with van der Waals surface area (Å²) in [5.74, 6) is -0.146. The Morgan fingerprint density at radius 2 is 1.89 bits per heavy atom. The van der Waals surface area contributed by atoms with Crippen LogP contribution in [0.2, 0.25) is 0 Å². The van der Waals surface area contributed by atoms with Crippen molar-refractivity contribution in [2.24, 2.45) is 11.3 Å². The third kappa shape index (κ3) is 3.86. The van der Waals surface area contributed by atoms with Crippen molar-refractivity contribution in [1.82, 2.24) is 10.6 Å². The third-order valence-corrected chi connectivity index (χ3v) is 3.38. The Morgan fingerprint density at radius 1 is 1.33 bits per heavy atom. The van der Waals surface area contributed by atoms with Gasteiger partial charge >= 0.3 is 6.18 Å². The molecule has 1 amide bonds. The Hall–Kier alpha value is -0.780. The zero-order valence-electron chi connectivity index (χ0n) is 10.9. The largest absolute Gasteiger partial charge is 0.396 e. The van der Waals surface area contributed by atoms with Crippen LogP contribution in [0, 0.1) is 11.3 Å². The molecule has 0 aromatic carbocycles. The number of alkyl halides is 3. The lowest BCUT2D eigenvalue weighted by Gasteiger charge is -2.39. The maximum absolute atomic E-state index is 13.1. The summed E-state index contributed by atoms with van der Waals surface area (Å²) in [4.78, 5) is 11.5. The van der Waals surface area contributed by atoms with Crippen LogP contribution < -0.4 is 10.6 Å². The highest BCUT2D eigenvalue weighted by atomic mass is 19.4. The van der Waals surface area contributed by atoms with Crippen molar-refractivity contribution in [3.63, 3.8) is 0 Å². The SMILES string of the molecule is CC(C)CC(=O)NCC1(C(F)(F)F)CCNCC1. The second kappa shape index (κ2) is 5.91. The predicted molar refractivity (Wildman–Crippen MR) is 63.1 cm³/mol. The number of carbonyl (C=O) groups excluding carboxylic acids is 1. The summed E-state index contributed by atoms with van der Waals surface area (Å²) < 4.78 is 39.4. The van der Waals surface area contributed by atoms with Gasteiger partial charge < -0.3 is 10.6 Å². The summed E-state index contributed by atoms with van der Waals surface area (Å²) in [5, 5.41) is 5.36. The van der Waals surface area contributed by atoms with Crippen LogP contribution in [0.25, 0.3) is 0 Å². The summed E-state index contributed by atoms with van der Waals surface area (Å²) in [7, 11) is 0. The predicted octanol–water partition coefficient (Wildman–Crippen LogP) is 2.08. The van der Waals surface area contributed by atoms with Gasteiger partial charge in [0, 0.05) is 13.0 Å². The summed E-state index contributed by atoms with van der Waals surface area (Å²) in [5.41, 5.74) is -1.76. The number of rotatable bonds is 4. The maximum Gasteiger partial charge on any atom is 0.396 e. The van der Waals surface area contributed by atoms with Crippen molar-refractivity contribution in [3.8, 4) is 0 Å². The number of nitrogens with one attached hydrogen (secondary N) is 2. The summed E-state index contributed by atoms with van der Waals surface area (Å²) in [6.45, 7) is 4.12. The fraction of sp³-hybridized carbons (Fsp3) is 0.917.